The lowest BCUT2D eigenvalue weighted by Crippen LogP contribution is -2.21. The van der Waals surface area contributed by atoms with Gasteiger partial charge in [0.25, 0.3) is 11.6 Å². The number of fused-ring (bicyclic) bond motifs is 1. The van der Waals surface area contributed by atoms with Crippen molar-refractivity contribution in [1.29, 1.82) is 0 Å². The predicted octanol–water partition coefficient (Wildman–Crippen LogP) is 2.44. The van der Waals surface area contributed by atoms with Crippen molar-refractivity contribution in [1.82, 2.24) is 0 Å². The quantitative estimate of drug-likeness (QED) is 0.451. The molecule has 2 aromatic carbocycles. The Balaban J connectivity index is 1.45. The van der Waals surface area contributed by atoms with E-state index in [0.717, 1.165) is 5.56 Å². The fraction of sp³-hybridized carbons (Fsp3) is 0.222. The molecule has 1 heterocycles. The normalized spacial score (nSPS) is 11.7. The first kappa shape index (κ1) is 18.2. The first-order valence-corrected chi connectivity index (χ1v) is 8.10. The summed E-state index contributed by atoms with van der Waals surface area (Å²) in [5.41, 5.74) is 0.685. The average molecular weight is 372 g/mol. The molecule has 0 saturated carbocycles. The van der Waals surface area contributed by atoms with Crippen LogP contribution in [0, 0.1) is 10.1 Å². The van der Waals surface area contributed by atoms with Crippen LogP contribution in [-0.4, -0.2) is 30.2 Å². The minimum absolute atomic E-state index is 0.0453. The molecule has 9 heteroatoms. The van der Waals surface area contributed by atoms with Crippen molar-refractivity contribution in [3.8, 4) is 11.5 Å². The lowest BCUT2D eigenvalue weighted by Gasteiger charge is -2.07. The number of benzene rings is 2. The number of hydrogen-bond donors (Lipinski definition) is 1. The first-order valence-electron chi connectivity index (χ1n) is 8.10. The Morgan fingerprint density at radius 1 is 1.15 bits per heavy atom. The molecule has 2 aromatic rings. The second kappa shape index (κ2) is 8.17. The monoisotopic (exact) mass is 372 g/mol. The second-order valence-electron chi connectivity index (χ2n) is 5.67. The van der Waals surface area contributed by atoms with Crippen LogP contribution in [0.15, 0.2) is 42.5 Å². The number of esters is 1. The molecule has 140 valence electrons. The van der Waals surface area contributed by atoms with E-state index < -0.39 is 23.4 Å². The topological polar surface area (TPSA) is 117 Å². The van der Waals surface area contributed by atoms with Crippen LogP contribution in [-0.2, 0) is 20.7 Å². The van der Waals surface area contributed by atoms with E-state index in [2.05, 4.69) is 5.32 Å². The minimum atomic E-state index is -0.652. The SMILES string of the molecule is O=C(COC(=O)CCc1ccc2c(c1)OCO2)Nc1ccccc1[N+](=O)[O-]. The molecule has 9 nitrogen and oxygen atoms in total. The molecule has 0 saturated heterocycles. The minimum Gasteiger partial charge on any atom is -0.456 e. The summed E-state index contributed by atoms with van der Waals surface area (Å²) in [6.07, 6.45) is 0.500. The van der Waals surface area contributed by atoms with Crippen molar-refractivity contribution in [2.45, 2.75) is 12.8 Å². The van der Waals surface area contributed by atoms with E-state index >= 15 is 0 Å². The summed E-state index contributed by atoms with van der Waals surface area (Å²) < 4.78 is 15.4. The molecule has 0 bridgehead atoms. The van der Waals surface area contributed by atoms with Gasteiger partial charge in [0, 0.05) is 12.5 Å². The highest BCUT2D eigenvalue weighted by molar-refractivity contribution is 5.94. The Morgan fingerprint density at radius 3 is 2.74 bits per heavy atom. The lowest BCUT2D eigenvalue weighted by molar-refractivity contribution is -0.383. The fourth-order valence-electron chi connectivity index (χ4n) is 2.49. The van der Waals surface area contributed by atoms with Gasteiger partial charge in [0.05, 0.1) is 4.92 Å². The number of para-hydroxylation sites is 2. The maximum Gasteiger partial charge on any atom is 0.306 e. The second-order valence-corrected chi connectivity index (χ2v) is 5.67. The van der Waals surface area contributed by atoms with E-state index in [1.54, 1.807) is 18.2 Å². The summed E-state index contributed by atoms with van der Waals surface area (Å²) in [6, 6.07) is 11.1. The van der Waals surface area contributed by atoms with Crippen LogP contribution in [0.1, 0.15) is 12.0 Å². The molecule has 0 atom stereocenters. The van der Waals surface area contributed by atoms with Gasteiger partial charge in [-0.05, 0) is 30.2 Å². The van der Waals surface area contributed by atoms with Crippen LogP contribution in [0.5, 0.6) is 11.5 Å². The van der Waals surface area contributed by atoms with Crippen molar-refractivity contribution in [3.63, 3.8) is 0 Å². The van der Waals surface area contributed by atoms with Gasteiger partial charge in [-0.3, -0.25) is 19.7 Å². The summed E-state index contributed by atoms with van der Waals surface area (Å²) in [5.74, 6) is 0.0869. The third-order valence-corrected chi connectivity index (χ3v) is 3.79. The van der Waals surface area contributed by atoms with Crippen molar-refractivity contribution >= 4 is 23.3 Å². The molecule has 0 spiro atoms. The van der Waals surface area contributed by atoms with E-state index in [1.807, 2.05) is 6.07 Å². The molecular weight excluding hydrogens is 356 g/mol. The molecule has 0 radical (unpaired) electrons. The van der Waals surface area contributed by atoms with E-state index in [9.17, 15) is 19.7 Å². The summed E-state index contributed by atoms with van der Waals surface area (Å²) in [7, 11) is 0. The van der Waals surface area contributed by atoms with Crippen LogP contribution >= 0.6 is 0 Å². The largest absolute Gasteiger partial charge is 0.456 e. The van der Waals surface area contributed by atoms with Crippen LogP contribution < -0.4 is 14.8 Å². The highest BCUT2D eigenvalue weighted by Crippen LogP contribution is 2.32. The predicted molar refractivity (Wildman–Crippen MR) is 93.6 cm³/mol. The summed E-state index contributed by atoms with van der Waals surface area (Å²) in [4.78, 5) is 34.0. The van der Waals surface area contributed by atoms with Crippen molar-refractivity contribution in [2.24, 2.45) is 0 Å². The number of hydrogen-bond acceptors (Lipinski definition) is 7. The molecular formula is C18H16N2O7. The number of rotatable bonds is 7. The number of amides is 1. The summed E-state index contributed by atoms with van der Waals surface area (Å²) in [5, 5.41) is 13.3. The number of nitrogens with one attached hydrogen (secondary N) is 1. The average Bonchev–Trinajstić information content (AvgIpc) is 3.12. The van der Waals surface area contributed by atoms with Gasteiger partial charge < -0.3 is 19.5 Å². The summed E-state index contributed by atoms with van der Waals surface area (Å²) >= 11 is 0. The van der Waals surface area contributed by atoms with Gasteiger partial charge in [0.15, 0.2) is 18.1 Å². The number of nitrogens with zero attached hydrogens (tertiary/aromatic N) is 1. The number of aryl methyl sites for hydroxylation is 1. The smallest absolute Gasteiger partial charge is 0.306 e. The van der Waals surface area contributed by atoms with E-state index in [0.29, 0.717) is 17.9 Å². The zero-order valence-corrected chi connectivity index (χ0v) is 14.2. The highest BCUT2D eigenvalue weighted by Gasteiger charge is 2.16. The maximum absolute atomic E-state index is 11.9. The molecule has 1 aliphatic heterocycles. The molecule has 1 aliphatic rings. The standard InChI is InChI=1S/C18H16N2O7/c21-17(19-13-3-1-2-4-14(13)20(23)24)10-25-18(22)8-6-12-5-7-15-16(9-12)27-11-26-15/h1-5,7,9H,6,8,10-11H2,(H,19,21). The van der Waals surface area contributed by atoms with Gasteiger partial charge >= 0.3 is 5.97 Å². The zero-order valence-electron chi connectivity index (χ0n) is 14.2. The Hall–Kier alpha value is -3.62. The number of nitro benzene ring substituents is 1. The third kappa shape index (κ3) is 4.72. The summed E-state index contributed by atoms with van der Waals surface area (Å²) in [6.45, 7) is -0.346. The van der Waals surface area contributed by atoms with Gasteiger partial charge in [-0.25, -0.2) is 0 Å². The number of carbonyl (C=O) groups is 2. The Labute approximate surface area is 154 Å². The molecule has 0 fully saturated rings. The fourth-order valence-corrected chi connectivity index (χ4v) is 2.49. The number of ether oxygens (including phenoxy) is 3. The van der Waals surface area contributed by atoms with E-state index in [1.165, 1.54) is 18.2 Å². The van der Waals surface area contributed by atoms with Crippen LogP contribution in [0.2, 0.25) is 0 Å². The lowest BCUT2D eigenvalue weighted by atomic mass is 10.1. The van der Waals surface area contributed by atoms with E-state index in [-0.39, 0.29) is 24.6 Å². The van der Waals surface area contributed by atoms with Crippen molar-refractivity contribution in [3.05, 3.63) is 58.1 Å². The van der Waals surface area contributed by atoms with Crippen molar-refractivity contribution in [2.75, 3.05) is 18.7 Å². The number of carbonyl (C=O) groups excluding carboxylic acids is 2. The molecule has 0 unspecified atom stereocenters. The van der Waals surface area contributed by atoms with Gasteiger partial charge in [0.2, 0.25) is 6.79 Å². The molecule has 27 heavy (non-hydrogen) atoms. The Morgan fingerprint density at radius 2 is 1.93 bits per heavy atom. The Kier molecular flexibility index (Phi) is 5.50. The van der Waals surface area contributed by atoms with Gasteiger partial charge in [0.1, 0.15) is 5.69 Å². The zero-order chi connectivity index (χ0) is 19.2. The van der Waals surface area contributed by atoms with Gasteiger partial charge in [-0.1, -0.05) is 18.2 Å². The molecule has 3 rings (SSSR count). The number of nitro groups is 1. The highest BCUT2D eigenvalue weighted by atomic mass is 16.7. The van der Waals surface area contributed by atoms with Gasteiger partial charge in [-0.2, -0.15) is 0 Å². The van der Waals surface area contributed by atoms with Crippen LogP contribution in [0.3, 0.4) is 0 Å². The first-order chi connectivity index (χ1) is 13.0. The molecule has 1 N–H and O–H groups in total. The molecule has 0 aliphatic carbocycles. The molecule has 0 aromatic heterocycles. The van der Waals surface area contributed by atoms with E-state index in [4.69, 9.17) is 14.2 Å². The number of anilines is 1. The van der Waals surface area contributed by atoms with Crippen molar-refractivity contribution < 1.29 is 28.7 Å². The third-order valence-electron chi connectivity index (χ3n) is 3.79. The van der Waals surface area contributed by atoms with Crippen LogP contribution in [0.4, 0.5) is 11.4 Å². The van der Waals surface area contributed by atoms with Gasteiger partial charge in [-0.15, -0.1) is 0 Å². The van der Waals surface area contributed by atoms with Crippen LogP contribution in [0.25, 0.3) is 0 Å². The molecule has 1 amide bonds. The maximum atomic E-state index is 11.9. The Bertz CT molecular complexity index is 882.